The molecule has 2 aromatic carbocycles. The second kappa shape index (κ2) is 4.78. The van der Waals surface area contributed by atoms with Crippen molar-refractivity contribution in [3.8, 4) is 0 Å². The van der Waals surface area contributed by atoms with Crippen LogP contribution in [0, 0.1) is 5.82 Å². The van der Waals surface area contributed by atoms with E-state index in [0.29, 0.717) is 10.9 Å². The molecule has 0 amide bonds. The first-order valence-corrected chi connectivity index (χ1v) is 6.79. The van der Waals surface area contributed by atoms with Gasteiger partial charge in [-0.3, -0.25) is 4.79 Å². The van der Waals surface area contributed by atoms with Gasteiger partial charge in [0.05, 0.1) is 16.1 Å². The zero-order valence-electron chi connectivity index (χ0n) is 9.99. The molecule has 2 aromatic rings. The van der Waals surface area contributed by atoms with Crippen molar-refractivity contribution in [2.75, 3.05) is 5.32 Å². The van der Waals surface area contributed by atoms with Crippen molar-refractivity contribution in [2.24, 2.45) is 0 Å². The van der Waals surface area contributed by atoms with E-state index in [1.54, 1.807) is 12.1 Å². The summed E-state index contributed by atoms with van der Waals surface area (Å²) in [6.45, 7) is 0. The van der Waals surface area contributed by atoms with Gasteiger partial charge in [-0.05, 0) is 39.7 Å². The summed E-state index contributed by atoms with van der Waals surface area (Å²) in [5.74, 6) is -0.708. The molecule has 0 aromatic heterocycles. The van der Waals surface area contributed by atoms with Crippen molar-refractivity contribution in [1.29, 1.82) is 0 Å². The van der Waals surface area contributed by atoms with Crippen molar-refractivity contribution < 1.29 is 9.18 Å². The second-order valence-electron chi connectivity index (χ2n) is 4.52. The maximum absolute atomic E-state index is 13.9. The van der Waals surface area contributed by atoms with E-state index in [9.17, 15) is 9.18 Å². The van der Waals surface area contributed by atoms with Gasteiger partial charge in [0.2, 0.25) is 0 Å². The molecule has 4 heteroatoms. The zero-order valence-corrected chi connectivity index (χ0v) is 11.6. The molecule has 96 valence electrons. The number of halogens is 2. The Morgan fingerprint density at radius 2 is 2.00 bits per heavy atom. The van der Waals surface area contributed by atoms with Gasteiger partial charge < -0.3 is 5.32 Å². The maximum atomic E-state index is 13.9. The van der Waals surface area contributed by atoms with E-state index in [1.807, 2.05) is 24.3 Å². The zero-order chi connectivity index (χ0) is 13.4. The van der Waals surface area contributed by atoms with Gasteiger partial charge >= 0.3 is 0 Å². The molecule has 1 atom stereocenters. The first-order chi connectivity index (χ1) is 9.16. The van der Waals surface area contributed by atoms with Gasteiger partial charge in [0, 0.05) is 12.1 Å². The molecule has 0 aliphatic carbocycles. The van der Waals surface area contributed by atoms with Gasteiger partial charge in [0.1, 0.15) is 5.82 Å². The van der Waals surface area contributed by atoms with Crippen molar-refractivity contribution >= 4 is 27.4 Å². The van der Waals surface area contributed by atoms with E-state index in [1.165, 1.54) is 6.07 Å². The summed E-state index contributed by atoms with van der Waals surface area (Å²) in [6, 6.07) is 12.2. The van der Waals surface area contributed by atoms with E-state index in [2.05, 4.69) is 21.2 Å². The van der Waals surface area contributed by atoms with Gasteiger partial charge in [-0.15, -0.1) is 0 Å². The lowest BCUT2D eigenvalue weighted by Crippen LogP contribution is -2.27. The molecule has 0 bridgehead atoms. The normalized spacial score (nSPS) is 16.8. The van der Waals surface area contributed by atoms with E-state index in [-0.39, 0.29) is 17.4 Å². The number of Topliss-reactive ketones (excluding diaryl/α,β-unsaturated/α-hetero) is 1. The molecule has 0 saturated heterocycles. The average Bonchev–Trinajstić information content (AvgIpc) is 2.85. The minimum atomic E-state index is -0.495. The predicted molar refractivity (Wildman–Crippen MR) is 76.0 cm³/mol. The van der Waals surface area contributed by atoms with E-state index >= 15 is 0 Å². The Morgan fingerprint density at radius 1 is 1.21 bits per heavy atom. The van der Waals surface area contributed by atoms with Crippen LogP contribution in [-0.2, 0) is 6.42 Å². The summed E-state index contributed by atoms with van der Waals surface area (Å²) in [6.07, 6.45) is 0.598. The predicted octanol–water partition coefficient (Wildman–Crippen LogP) is 3.81. The van der Waals surface area contributed by atoms with Gasteiger partial charge in [-0.2, -0.15) is 0 Å². The maximum Gasteiger partial charge on any atom is 0.188 e. The Balaban J connectivity index is 1.89. The number of benzene rings is 2. The van der Waals surface area contributed by atoms with Gasteiger partial charge in [0.25, 0.3) is 0 Å². The summed E-state index contributed by atoms with van der Waals surface area (Å²) in [7, 11) is 0. The molecular formula is C15H11BrFNO. The Bertz CT molecular complexity index is 631. The Hall–Kier alpha value is -1.68. The average molecular weight is 320 g/mol. The smallest absolute Gasteiger partial charge is 0.188 e. The molecule has 3 rings (SSSR count). The standard InChI is InChI=1S/C15H11BrFNO/c16-11-6-3-5-10(14(11)17)15(19)13-8-9-4-1-2-7-12(9)18-13/h1-7,13,18H,8H2. The molecule has 19 heavy (non-hydrogen) atoms. The van der Waals surface area contributed by atoms with Gasteiger partial charge in [-0.1, -0.05) is 24.3 Å². The fraction of sp³-hybridized carbons (Fsp3) is 0.133. The van der Waals surface area contributed by atoms with E-state index < -0.39 is 5.82 Å². The van der Waals surface area contributed by atoms with Crippen molar-refractivity contribution in [2.45, 2.75) is 12.5 Å². The quantitative estimate of drug-likeness (QED) is 0.853. The highest BCUT2D eigenvalue weighted by Gasteiger charge is 2.29. The highest BCUT2D eigenvalue weighted by molar-refractivity contribution is 9.10. The molecule has 1 unspecified atom stereocenters. The number of ketones is 1. The lowest BCUT2D eigenvalue weighted by Gasteiger charge is -2.11. The number of para-hydroxylation sites is 1. The van der Waals surface area contributed by atoms with Crippen LogP contribution in [0.15, 0.2) is 46.9 Å². The number of hydrogen-bond donors (Lipinski definition) is 1. The van der Waals surface area contributed by atoms with Gasteiger partial charge in [0.15, 0.2) is 5.78 Å². The molecule has 1 aliphatic heterocycles. The molecule has 1 aliphatic rings. The summed E-state index contributed by atoms with van der Waals surface area (Å²) in [5, 5.41) is 3.15. The Morgan fingerprint density at radius 3 is 2.79 bits per heavy atom. The topological polar surface area (TPSA) is 29.1 Å². The number of rotatable bonds is 2. The number of anilines is 1. The first-order valence-electron chi connectivity index (χ1n) is 5.99. The third-order valence-electron chi connectivity index (χ3n) is 3.30. The third kappa shape index (κ3) is 2.16. The molecule has 2 nitrogen and oxygen atoms in total. The molecule has 0 spiro atoms. The van der Waals surface area contributed by atoms with E-state index in [4.69, 9.17) is 0 Å². The van der Waals surface area contributed by atoms with Crippen LogP contribution in [0.2, 0.25) is 0 Å². The molecule has 1 N–H and O–H groups in total. The van der Waals surface area contributed by atoms with E-state index in [0.717, 1.165) is 11.3 Å². The second-order valence-corrected chi connectivity index (χ2v) is 5.38. The lowest BCUT2D eigenvalue weighted by molar-refractivity contribution is 0.0967. The molecule has 0 fully saturated rings. The molecule has 0 radical (unpaired) electrons. The van der Waals surface area contributed by atoms with Crippen LogP contribution in [0.25, 0.3) is 0 Å². The van der Waals surface area contributed by atoms with Crippen LogP contribution < -0.4 is 5.32 Å². The van der Waals surface area contributed by atoms with Crippen LogP contribution in [-0.4, -0.2) is 11.8 Å². The fourth-order valence-electron chi connectivity index (χ4n) is 2.34. The number of hydrogen-bond acceptors (Lipinski definition) is 2. The highest BCUT2D eigenvalue weighted by Crippen LogP contribution is 2.28. The monoisotopic (exact) mass is 319 g/mol. The van der Waals surface area contributed by atoms with Crippen molar-refractivity contribution in [1.82, 2.24) is 0 Å². The summed E-state index contributed by atoms with van der Waals surface area (Å²) >= 11 is 3.10. The summed E-state index contributed by atoms with van der Waals surface area (Å²) < 4.78 is 14.3. The van der Waals surface area contributed by atoms with Crippen LogP contribution in [0.5, 0.6) is 0 Å². The number of fused-ring (bicyclic) bond motifs is 1. The molecular weight excluding hydrogens is 309 g/mol. The summed E-state index contributed by atoms with van der Waals surface area (Å²) in [5.41, 5.74) is 2.17. The van der Waals surface area contributed by atoms with Crippen LogP contribution in [0.4, 0.5) is 10.1 Å². The van der Waals surface area contributed by atoms with Crippen molar-refractivity contribution in [3.05, 3.63) is 63.9 Å². The Kier molecular flexibility index (Phi) is 3.11. The minimum Gasteiger partial charge on any atom is -0.374 e. The lowest BCUT2D eigenvalue weighted by atomic mass is 10.0. The highest BCUT2D eigenvalue weighted by atomic mass is 79.9. The van der Waals surface area contributed by atoms with Crippen molar-refractivity contribution in [3.63, 3.8) is 0 Å². The Labute approximate surface area is 118 Å². The number of carbonyl (C=O) groups is 1. The first kappa shape index (κ1) is 12.4. The largest absolute Gasteiger partial charge is 0.374 e. The molecule has 0 saturated carbocycles. The fourth-order valence-corrected chi connectivity index (χ4v) is 2.70. The third-order valence-corrected chi connectivity index (χ3v) is 3.92. The SMILES string of the molecule is O=C(c1cccc(Br)c1F)C1Cc2ccccc2N1. The number of carbonyl (C=O) groups excluding carboxylic acids is 1. The minimum absolute atomic E-state index is 0.125. The molecule has 1 heterocycles. The van der Waals surface area contributed by atoms with Gasteiger partial charge in [-0.25, -0.2) is 4.39 Å². The van der Waals surface area contributed by atoms with Crippen LogP contribution >= 0.6 is 15.9 Å². The van der Waals surface area contributed by atoms with Crippen LogP contribution in [0.3, 0.4) is 0 Å². The summed E-state index contributed by atoms with van der Waals surface area (Å²) in [4.78, 5) is 12.4. The van der Waals surface area contributed by atoms with Crippen LogP contribution in [0.1, 0.15) is 15.9 Å². The number of nitrogens with one attached hydrogen (secondary N) is 1.